The van der Waals surface area contributed by atoms with E-state index in [0.29, 0.717) is 0 Å². The first-order valence-electron chi connectivity index (χ1n) is 4.07. The maximum atomic E-state index is 3.52. The predicted molar refractivity (Wildman–Crippen MR) is 60.6 cm³/mol. The van der Waals surface area contributed by atoms with Crippen LogP contribution in [0.2, 0.25) is 19.6 Å². The molecular weight excluding hydrogens is 192 g/mol. The predicted octanol–water partition coefficient (Wildman–Crippen LogP) is 0.645. The summed E-state index contributed by atoms with van der Waals surface area (Å²) in [5.41, 5.74) is 0. The summed E-state index contributed by atoms with van der Waals surface area (Å²) in [6.07, 6.45) is 0. The summed E-state index contributed by atoms with van der Waals surface area (Å²) in [5, 5.41) is 2.92. The maximum Gasteiger partial charge on any atom is 0.0775 e. The molecule has 1 aromatic carbocycles. The van der Waals surface area contributed by atoms with Crippen LogP contribution >= 0.6 is 0 Å². The van der Waals surface area contributed by atoms with Crippen molar-refractivity contribution in [2.24, 2.45) is 0 Å². The van der Waals surface area contributed by atoms with Gasteiger partial charge in [0.2, 0.25) is 0 Å². The van der Waals surface area contributed by atoms with Crippen LogP contribution in [0.3, 0.4) is 0 Å². The molecule has 0 aliphatic carbocycles. The molecule has 1 rings (SSSR count). The zero-order chi connectivity index (χ0) is 9.19. The molecule has 0 fully saturated rings. The van der Waals surface area contributed by atoms with E-state index in [2.05, 4.69) is 53.2 Å². The van der Waals surface area contributed by atoms with Crippen molar-refractivity contribution in [2.75, 3.05) is 0 Å². The molecule has 61 valence electrons. The Morgan fingerprint density at radius 2 is 1.58 bits per heavy atom. The minimum atomic E-state index is -1.08. The summed E-state index contributed by atoms with van der Waals surface area (Å²) < 4.78 is 0. The Hall–Kier alpha value is -0.129. The molecular formula is C9H13Si3. The first-order valence-corrected chi connectivity index (χ1v) is 10.1. The molecule has 0 saturated carbocycles. The number of benzene rings is 1. The van der Waals surface area contributed by atoms with Crippen LogP contribution in [0.1, 0.15) is 0 Å². The summed E-state index contributed by atoms with van der Waals surface area (Å²) in [5.74, 6) is 0. The Balaban J connectivity index is 3.00. The van der Waals surface area contributed by atoms with Crippen LogP contribution in [0.5, 0.6) is 0 Å². The van der Waals surface area contributed by atoms with Crippen LogP contribution in [0, 0.1) is 0 Å². The van der Waals surface area contributed by atoms with Crippen molar-refractivity contribution in [3.05, 3.63) is 24.3 Å². The fraction of sp³-hybridized carbons (Fsp3) is 0.333. The lowest BCUT2D eigenvalue weighted by Crippen LogP contribution is -2.38. The first kappa shape index (κ1) is 9.95. The largest absolute Gasteiger partial charge is 0.0775 e. The van der Waals surface area contributed by atoms with Gasteiger partial charge in [0.15, 0.2) is 0 Å². The van der Waals surface area contributed by atoms with Gasteiger partial charge in [-0.15, -0.1) is 0 Å². The molecule has 3 heteroatoms. The Labute approximate surface area is 80.6 Å². The quantitative estimate of drug-likeness (QED) is 0.622. The lowest BCUT2D eigenvalue weighted by molar-refractivity contribution is 1.71. The van der Waals surface area contributed by atoms with Crippen LogP contribution in [0.25, 0.3) is 0 Å². The molecule has 0 unspecified atom stereocenters. The first-order chi connectivity index (χ1) is 5.54. The second-order valence-electron chi connectivity index (χ2n) is 3.95. The van der Waals surface area contributed by atoms with Crippen molar-refractivity contribution in [1.29, 1.82) is 0 Å². The monoisotopic (exact) mass is 205 g/mol. The molecule has 12 heavy (non-hydrogen) atoms. The maximum absolute atomic E-state index is 3.52. The summed E-state index contributed by atoms with van der Waals surface area (Å²) in [7, 11) is 3.17. The molecule has 0 saturated heterocycles. The van der Waals surface area contributed by atoms with E-state index in [1.807, 2.05) is 0 Å². The van der Waals surface area contributed by atoms with Gasteiger partial charge in [-0.3, -0.25) is 0 Å². The van der Waals surface area contributed by atoms with Gasteiger partial charge < -0.3 is 0 Å². The smallest absolute Gasteiger partial charge is 0.0656 e. The van der Waals surface area contributed by atoms with Crippen molar-refractivity contribution in [2.45, 2.75) is 19.6 Å². The Morgan fingerprint density at radius 1 is 1.08 bits per heavy atom. The van der Waals surface area contributed by atoms with Crippen LogP contribution in [0.4, 0.5) is 0 Å². The van der Waals surface area contributed by atoms with E-state index in [9.17, 15) is 0 Å². The Bertz CT molecular complexity index is 269. The van der Waals surface area contributed by atoms with Crippen LogP contribution in [-0.4, -0.2) is 26.0 Å². The second-order valence-corrected chi connectivity index (χ2v) is 10.6. The van der Waals surface area contributed by atoms with Crippen molar-refractivity contribution >= 4 is 36.4 Å². The highest BCUT2D eigenvalue weighted by molar-refractivity contribution is 6.88. The van der Waals surface area contributed by atoms with E-state index < -0.39 is 8.07 Å². The molecule has 0 nitrogen and oxygen atoms in total. The molecule has 0 N–H and O–H groups in total. The topological polar surface area (TPSA) is 0 Å². The lowest BCUT2D eigenvalue weighted by Gasteiger charge is -2.16. The third-order valence-corrected chi connectivity index (χ3v) is 5.45. The number of hydrogen-bond acceptors (Lipinski definition) is 0. The van der Waals surface area contributed by atoms with E-state index in [0.717, 1.165) is 8.61 Å². The highest BCUT2D eigenvalue weighted by Crippen LogP contribution is 1.99. The van der Waals surface area contributed by atoms with Gasteiger partial charge in [0.05, 0.1) is 8.07 Å². The normalized spacial score (nSPS) is 11.2. The Kier molecular flexibility index (Phi) is 3.09. The molecule has 3 radical (unpaired) electrons. The van der Waals surface area contributed by atoms with E-state index >= 15 is 0 Å². The highest BCUT2D eigenvalue weighted by atomic mass is 28.8. The van der Waals surface area contributed by atoms with Gasteiger partial charge in [0.25, 0.3) is 0 Å². The van der Waals surface area contributed by atoms with Gasteiger partial charge in [-0.2, -0.15) is 0 Å². The molecule has 0 atom stereocenters. The average molecular weight is 205 g/mol. The molecule has 0 spiro atoms. The summed E-state index contributed by atoms with van der Waals surface area (Å²) in [4.78, 5) is 0. The third-order valence-electron chi connectivity index (χ3n) is 1.90. The van der Waals surface area contributed by atoms with Gasteiger partial charge in [-0.05, 0) is 5.19 Å². The van der Waals surface area contributed by atoms with Crippen molar-refractivity contribution in [1.82, 2.24) is 0 Å². The van der Waals surface area contributed by atoms with E-state index in [1.165, 1.54) is 10.4 Å². The van der Waals surface area contributed by atoms with Crippen LogP contribution in [-0.2, 0) is 0 Å². The Morgan fingerprint density at radius 3 is 1.92 bits per heavy atom. The van der Waals surface area contributed by atoms with Crippen molar-refractivity contribution < 1.29 is 0 Å². The average Bonchev–Trinajstić information content (AvgIpc) is 2.03. The fourth-order valence-electron chi connectivity index (χ4n) is 1.05. The minimum absolute atomic E-state index is 0.731. The standard InChI is InChI=1S/C9H13Si3/c1-12(2,3)9-6-4-8(11-10)5-7-9/h4-7H,1-3H3. The molecule has 0 aliphatic heterocycles. The fourth-order valence-corrected chi connectivity index (χ4v) is 3.05. The third kappa shape index (κ3) is 2.43. The molecule has 0 aliphatic rings. The summed E-state index contributed by atoms with van der Waals surface area (Å²) >= 11 is 0. The molecule has 0 amide bonds. The summed E-state index contributed by atoms with van der Waals surface area (Å²) in [6, 6.07) is 8.99. The molecule has 0 bridgehead atoms. The van der Waals surface area contributed by atoms with Crippen LogP contribution < -0.4 is 10.4 Å². The zero-order valence-corrected chi connectivity index (χ0v) is 10.8. The second kappa shape index (κ2) is 3.72. The van der Waals surface area contributed by atoms with Crippen LogP contribution in [0.15, 0.2) is 24.3 Å². The molecule has 1 aromatic rings. The molecule has 0 aromatic heterocycles. The van der Waals surface area contributed by atoms with Gasteiger partial charge >= 0.3 is 0 Å². The molecule has 0 heterocycles. The summed E-state index contributed by atoms with van der Waals surface area (Å²) in [6.45, 7) is 7.12. The van der Waals surface area contributed by atoms with Gasteiger partial charge in [-0.1, -0.05) is 49.1 Å². The van der Waals surface area contributed by atoms with Crippen molar-refractivity contribution in [3.63, 3.8) is 0 Å². The van der Waals surface area contributed by atoms with E-state index in [-0.39, 0.29) is 0 Å². The van der Waals surface area contributed by atoms with E-state index in [4.69, 9.17) is 0 Å². The minimum Gasteiger partial charge on any atom is -0.0656 e. The lowest BCUT2D eigenvalue weighted by atomic mass is 10.4. The number of hydrogen-bond donors (Lipinski definition) is 0. The van der Waals surface area contributed by atoms with Gasteiger partial charge in [0, 0.05) is 17.9 Å². The van der Waals surface area contributed by atoms with Gasteiger partial charge in [0.1, 0.15) is 0 Å². The van der Waals surface area contributed by atoms with E-state index in [1.54, 1.807) is 0 Å². The SMILES string of the molecule is C[Si](C)(C)c1ccc([Si]=[Si])cc1. The van der Waals surface area contributed by atoms with Crippen molar-refractivity contribution in [3.8, 4) is 0 Å². The van der Waals surface area contributed by atoms with Gasteiger partial charge in [-0.25, -0.2) is 0 Å². The number of rotatable bonds is 2. The highest BCUT2D eigenvalue weighted by Gasteiger charge is 2.14. The zero-order valence-electron chi connectivity index (χ0n) is 7.81.